The fourth-order valence-corrected chi connectivity index (χ4v) is 1.31. The van der Waals surface area contributed by atoms with Crippen LogP contribution in [0.3, 0.4) is 0 Å². The Morgan fingerprint density at radius 2 is 1.93 bits per heavy atom. The van der Waals surface area contributed by atoms with E-state index in [1.165, 1.54) is 0 Å². The van der Waals surface area contributed by atoms with Crippen LogP contribution in [0.1, 0.15) is 33.6 Å². The van der Waals surface area contributed by atoms with Crippen LogP contribution in [0.15, 0.2) is 12.7 Å². The maximum absolute atomic E-state index is 9.52. The van der Waals surface area contributed by atoms with Gasteiger partial charge in [0.15, 0.2) is 0 Å². The molecule has 0 saturated heterocycles. The maximum Gasteiger partial charge on any atom is 0.0644 e. The van der Waals surface area contributed by atoms with Crippen molar-refractivity contribution in [3.8, 4) is 0 Å². The van der Waals surface area contributed by atoms with Crippen molar-refractivity contribution in [1.29, 1.82) is 0 Å². The van der Waals surface area contributed by atoms with Crippen molar-refractivity contribution < 1.29 is 9.84 Å². The Hall–Kier alpha value is -0.340. The number of ether oxygens (including phenoxy) is 1. The summed E-state index contributed by atoms with van der Waals surface area (Å²) in [5.74, 6) is 0.952. The molecular formula is C12H24O2. The molecule has 2 atom stereocenters. The summed E-state index contributed by atoms with van der Waals surface area (Å²) >= 11 is 0. The number of aliphatic hydroxyl groups is 1. The molecule has 1 N–H and O–H groups in total. The number of aliphatic hydroxyl groups excluding tert-OH is 1. The van der Waals surface area contributed by atoms with Crippen molar-refractivity contribution in [2.75, 3.05) is 13.2 Å². The molecule has 14 heavy (non-hydrogen) atoms. The third-order valence-corrected chi connectivity index (χ3v) is 2.36. The van der Waals surface area contributed by atoms with Crippen LogP contribution in [0, 0.1) is 11.8 Å². The molecule has 0 heterocycles. The minimum atomic E-state index is -0.279. The van der Waals surface area contributed by atoms with Gasteiger partial charge in [-0.15, -0.1) is 6.58 Å². The minimum absolute atomic E-state index is 0.261. The lowest BCUT2D eigenvalue weighted by molar-refractivity contribution is 0.0401. The molecule has 0 amide bonds. The topological polar surface area (TPSA) is 29.5 Å². The second kappa shape index (κ2) is 8.01. The molecule has 0 radical (unpaired) electrons. The van der Waals surface area contributed by atoms with Gasteiger partial charge in [0.1, 0.15) is 0 Å². The summed E-state index contributed by atoms with van der Waals surface area (Å²) < 4.78 is 5.36. The van der Waals surface area contributed by atoms with Gasteiger partial charge in [0.25, 0.3) is 0 Å². The summed E-state index contributed by atoms with van der Waals surface area (Å²) in [5.41, 5.74) is 0. The fraction of sp³-hybridized carbons (Fsp3) is 0.833. The Labute approximate surface area is 88.0 Å². The first-order valence-electron chi connectivity index (χ1n) is 5.44. The summed E-state index contributed by atoms with van der Waals surface area (Å²) in [4.78, 5) is 0. The summed E-state index contributed by atoms with van der Waals surface area (Å²) in [6, 6.07) is 0. The second-order valence-corrected chi connectivity index (χ2v) is 4.30. The van der Waals surface area contributed by atoms with Gasteiger partial charge >= 0.3 is 0 Å². The Morgan fingerprint density at radius 3 is 2.36 bits per heavy atom. The van der Waals surface area contributed by atoms with Crippen molar-refractivity contribution in [3.05, 3.63) is 12.7 Å². The lowest BCUT2D eigenvalue weighted by Crippen LogP contribution is -2.22. The molecule has 0 aliphatic heterocycles. The fourth-order valence-electron chi connectivity index (χ4n) is 1.31. The van der Waals surface area contributed by atoms with E-state index in [9.17, 15) is 5.11 Å². The van der Waals surface area contributed by atoms with Gasteiger partial charge in [-0.3, -0.25) is 0 Å². The minimum Gasteiger partial charge on any atom is -0.393 e. The van der Waals surface area contributed by atoms with Crippen molar-refractivity contribution in [2.24, 2.45) is 11.8 Å². The highest BCUT2D eigenvalue weighted by molar-refractivity contribution is 4.68. The first-order chi connectivity index (χ1) is 6.57. The number of hydrogen-bond acceptors (Lipinski definition) is 2. The second-order valence-electron chi connectivity index (χ2n) is 4.30. The van der Waals surface area contributed by atoms with E-state index in [1.807, 2.05) is 6.92 Å². The molecule has 0 aliphatic rings. The smallest absolute Gasteiger partial charge is 0.0644 e. The molecule has 0 bridgehead atoms. The van der Waals surface area contributed by atoms with Gasteiger partial charge in [0.05, 0.1) is 19.3 Å². The molecule has 0 aromatic rings. The average molecular weight is 200 g/mol. The van der Waals surface area contributed by atoms with Crippen LogP contribution in [-0.4, -0.2) is 24.4 Å². The first-order valence-corrected chi connectivity index (χ1v) is 5.44. The highest BCUT2D eigenvalue weighted by Gasteiger charge is 2.15. The molecule has 0 fully saturated rings. The van der Waals surface area contributed by atoms with Gasteiger partial charge in [-0.2, -0.15) is 0 Å². The highest BCUT2D eigenvalue weighted by Crippen LogP contribution is 2.16. The Kier molecular flexibility index (Phi) is 7.81. The Morgan fingerprint density at radius 1 is 1.29 bits per heavy atom. The van der Waals surface area contributed by atoms with E-state index in [1.54, 1.807) is 6.08 Å². The number of hydrogen-bond donors (Lipinski definition) is 1. The molecule has 0 aromatic carbocycles. The molecule has 0 aromatic heterocycles. The van der Waals surface area contributed by atoms with Gasteiger partial charge in [0.2, 0.25) is 0 Å². The Bertz CT molecular complexity index is 141. The molecule has 0 aliphatic carbocycles. The third-order valence-electron chi connectivity index (χ3n) is 2.36. The van der Waals surface area contributed by atoms with Crippen LogP contribution >= 0.6 is 0 Å². The molecule has 84 valence electrons. The zero-order chi connectivity index (χ0) is 11.0. The van der Waals surface area contributed by atoms with E-state index in [0.717, 1.165) is 12.8 Å². The molecular weight excluding hydrogens is 176 g/mol. The van der Waals surface area contributed by atoms with Gasteiger partial charge in [-0.1, -0.05) is 26.3 Å². The van der Waals surface area contributed by atoms with Crippen LogP contribution in [0.4, 0.5) is 0 Å². The van der Waals surface area contributed by atoms with E-state index in [2.05, 4.69) is 20.4 Å². The largest absolute Gasteiger partial charge is 0.393 e. The van der Waals surface area contributed by atoms with Crippen LogP contribution < -0.4 is 0 Å². The molecule has 0 rings (SSSR count). The molecule has 2 nitrogen and oxygen atoms in total. The summed E-state index contributed by atoms with van der Waals surface area (Å²) in [6.45, 7) is 11.0. The SMILES string of the molecule is C=CCOC[C@@H](CCC(C)C)[C@H](C)O. The predicted molar refractivity (Wildman–Crippen MR) is 60.3 cm³/mol. The third kappa shape index (κ3) is 7.10. The van der Waals surface area contributed by atoms with Crippen LogP contribution in [0.5, 0.6) is 0 Å². The quantitative estimate of drug-likeness (QED) is 0.482. The number of rotatable bonds is 8. The van der Waals surface area contributed by atoms with Crippen LogP contribution in [-0.2, 0) is 4.74 Å². The van der Waals surface area contributed by atoms with Gasteiger partial charge < -0.3 is 9.84 Å². The predicted octanol–water partition coefficient (Wildman–Crippen LogP) is 2.62. The van der Waals surface area contributed by atoms with Crippen molar-refractivity contribution in [3.63, 3.8) is 0 Å². The highest BCUT2D eigenvalue weighted by atomic mass is 16.5. The average Bonchev–Trinajstić information content (AvgIpc) is 2.10. The Balaban J connectivity index is 3.71. The first kappa shape index (κ1) is 13.7. The summed E-state index contributed by atoms with van der Waals surface area (Å²) in [6.07, 6.45) is 3.64. The van der Waals surface area contributed by atoms with Crippen LogP contribution in [0.2, 0.25) is 0 Å². The van der Waals surface area contributed by atoms with Crippen molar-refractivity contribution in [2.45, 2.75) is 39.7 Å². The summed E-state index contributed by atoms with van der Waals surface area (Å²) in [7, 11) is 0. The van der Waals surface area contributed by atoms with E-state index in [0.29, 0.717) is 19.1 Å². The molecule has 0 saturated carbocycles. The zero-order valence-electron chi connectivity index (χ0n) is 9.70. The van der Waals surface area contributed by atoms with E-state index < -0.39 is 0 Å². The van der Waals surface area contributed by atoms with E-state index in [-0.39, 0.29) is 12.0 Å². The monoisotopic (exact) mass is 200 g/mol. The maximum atomic E-state index is 9.52. The molecule has 0 unspecified atom stereocenters. The molecule has 0 spiro atoms. The normalized spacial score (nSPS) is 15.5. The van der Waals surface area contributed by atoms with Crippen LogP contribution in [0.25, 0.3) is 0 Å². The van der Waals surface area contributed by atoms with E-state index in [4.69, 9.17) is 4.74 Å². The lowest BCUT2D eigenvalue weighted by Gasteiger charge is -2.20. The van der Waals surface area contributed by atoms with Crippen molar-refractivity contribution >= 4 is 0 Å². The van der Waals surface area contributed by atoms with Gasteiger partial charge in [-0.05, 0) is 19.3 Å². The summed E-state index contributed by atoms with van der Waals surface area (Å²) in [5, 5.41) is 9.52. The standard InChI is InChI=1S/C12H24O2/c1-5-8-14-9-12(11(4)13)7-6-10(2)3/h5,10-13H,1,6-9H2,2-4H3/t11-,12+/m0/s1. The van der Waals surface area contributed by atoms with Gasteiger partial charge in [-0.25, -0.2) is 0 Å². The van der Waals surface area contributed by atoms with E-state index >= 15 is 0 Å². The molecule has 2 heteroatoms. The van der Waals surface area contributed by atoms with Crippen molar-refractivity contribution in [1.82, 2.24) is 0 Å². The lowest BCUT2D eigenvalue weighted by atomic mass is 9.94. The van der Waals surface area contributed by atoms with Gasteiger partial charge in [0, 0.05) is 5.92 Å². The zero-order valence-corrected chi connectivity index (χ0v) is 9.70.